The van der Waals surface area contributed by atoms with Crippen molar-refractivity contribution >= 4 is 27.8 Å². The quantitative estimate of drug-likeness (QED) is 0.908. The second-order valence-corrected chi connectivity index (χ2v) is 6.33. The maximum absolute atomic E-state index is 5.64. The Morgan fingerprint density at radius 1 is 1.22 bits per heavy atom. The summed E-state index contributed by atoms with van der Waals surface area (Å²) >= 11 is 3.13. The molecule has 0 fully saturated rings. The van der Waals surface area contributed by atoms with E-state index in [-0.39, 0.29) is 0 Å². The molecular formula is C11H17N5S2. The van der Waals surface area contributed by atoms with Gasteiger partial charge in [-0.25, -0.2) is 4.98 Å². The molecule has 7 heteroatoms. The van der Waals surface area contributed by atoms with Crippen LogP contribution in [0.3, 0.4) is 0 Å². The average molecular weight is 283 g/mol. The number of nitrogens with two attached hydrogens (primary N) is 1. The normalized spacial score (nSPS) is 11.3. The van der Waals surface area contributed by atoms with E-state index < -0.39 is 0 Å². The summed E-state index contributed by atoms with van der Waals surface area (Å²) in [6.45, 7) is 3.12. The molecule has 0 aliphatic rings. The summed E-state index contributed by atoms with van der Waals surface area (Å²) in [6.07, 6.45) is 1.88. The molecule has 2 heterocycles. The van der Waals surface area contributed by atoms with Crippen LogP contribution in [-0.4, -0.2) is 40.7 Å². The van der Waals surface area contributed by atoms with Crippen LogP contribution in [0.15, 0.2) is 0 Å². The Bertz CT molecular complexity index is 517. The summed E-state index contributed by atoms with van der Waals surface area (Å²) in [6, 6.07) is 0. The first kappa shape index (κ1) is 13.4. The minimum Gasteiger partial charge on any atom is -0.374 e. The minimum atomic E-state index is 0.510. The Hall–Kier alpha value is -1.05. The molecule has 2 N–H and O–H groups in total. The highest BCUT2D eigenvalue weighted by molar-refractivity contribution is 7.23. The van der Waals surface area contributed by atoms with Gasteiger partial charge in [-0.15, -0.1) is 21.5 Å². The Balaban J connectivity index is 2.24. The van der Waals surface area contributed by atoms with E-state index in [4.69, 9.17) is 5.73 Å². The predicted molar refractivity (Wildman–Crippen MR) is 77.1 cm³/mol. The average Bonchev–Trinajstić information content (AvgIpc) is 2.92. The number of nitrogens with zero attached hydrogens (tertiary/aromatic N) is 4. The number of thiazole rings is 1. The molecule has 0 bridgehead atoms. The highest BCUT2D eigenvalue weighted by Gasteiger charge is 2.15. The zero-order valence-electron chi connectivity index (χ0n) is 10.8. The van der Waals surface area contributed by atoms with E-state index in [1.165, 1.54) is 11.3 Å². The van der Waals surface area contributed by atoms with Crippen LogP contribution < -0.4 is 5.73 Å². The first-order valence-corrected chi connectivity index (χ1v) is 7.46. The van der Waals surface area contributed by atoms with Gasteiger partial charge in [-0.3, -0.25) is 0 Å². The van der Waals surface area contributed by atoms with Crippen LogP contribution in [0, 0.1) is 0 Å². The van der Waals surface area contributed by atoms with Gasteiger partial charge in [-0.1, -0.05) is 18.3 Å². The van der Waals surface area contributed by atoms with Crippen LogP contribution in [0.25, 0.3) is 9.88 Å². The van der Waals surface area contributed by atoms with E-state index in [0.717, 1.165) is 40.0 Å². The SMILES string of the molecule is CCc1nc(CCN(C)C)sc1-c1nnc(N)s1. The van der Waals surface area contributed by atoms with E-state index in [0.29, 0.717) is 5.13 Å². The molecule has 0 unspecified atom stereocenters. The van der Waals surface area contributed by atoms with Crippen molar-refractivity contribution in [2.45, 2.75) is 19.8 Å². The van der Waals surface area contributed by atoms with Crippen LogP contribution in [-0.2, 0) is 12.8 Å². The number of hydrogen-bond donors (Lipinski definition) is 1. The van der Waals surface area contributed by atoms with E-state index >= 15 is 0 Å². The van der Waals surface area contributed by atoms with Gasteiger partial charge in [0.25, 0.3) is 0 Å². The monoisotopic (exact) mass is 283 g/mol. The minimum absolute atomic E-state index is 0.510. The molecule has 5 nitrogen and oxygen atoms in total. The molecule has 98 valence electrons. The molecule has 0 radical (unpaired) electrons. The van der Waals surface area contributed by atoms with Gasteiger partial charge in [0.2, 0.25) is 5.13 Å². The molecule has 0 amide bonds. The lowest BCUT2D eigenvalue weighted by atomic mass is 10.3. The third-order valence-electron chi connectivity index (χ3n) is 2.48. The summed E-state index contributed by atoms with van der Waals surface area (Å²) < 4.78 is 0. The Kier molecular flexibility index (Phi) is 4.26. The standard InChI is InChI=1S/C11H17N5S2/c1-4-7-9(10-14-15-11(12)18-10)17-8(13-7)5-6-16(2)3/h4-6H2,1-3H3,(H2,12,15). The lowest BCUT2D eigenvalue weighted by molar-refractivity contribution is 0.413. The molecule has 2 rings (SSSR count). The van der Waals surface area contributed by atoms with Crippen LogP contribution in [0.1, 0.15) is 17.6 Å². The lowest BCUT2D eigenvalue weighted by Crippen LogP contribution is -2.14. The van der Waals surface area contributed by atoms with Crippen molar-refractivity contribution in [3.8, 4) is 9.88 Å². The number of likely N-dealkylation sites (N-methyl/N-ethyl adjacent to an activating group) is 1. The fraction of sp³-hybridized carbons (Fsp3) is 0.545. The summed E-state index contributed by atoms with van der Waals surface area (Å²) in [5, 5.41) is 10.5. The van der Waals surface area contributed by atoms with Crippen molar-refractivity contribution in [3.63, 3.8) is 0 Å². The Morgan fingerprint density at radius 2 is 2.00 bits per heavy atom. The number of hydrogen-bond acceptors (Lipinski definition) is 7. The fourth-order valence-corrected chi connectivity index (χ4v) is 3.40. The smallest absolute Gasteiger partial charge is 0.203 e. The molecule has 2 aromatic heterocycles. The zero-order chi connectivity index (χ0) is 13.1. The number of anilines is 1. The molecule has 2 aromatic rings. The molecule has 0 saturated heterocycles. The van der Waals surface area contributed by atoms with Crippen LogP contribution in [0.5, 0.6) is 0 Å². The van der Waals surface area contributed by atoms with Crippen molar-refractivity contribution in [3.05, 3.63) is 10.7 Å². The topological polar surface area (TPSA) is 67.9 Å². The molecule has 0 aromatic carbocycles. The lowest BCUT2D eigenvalue weighted by Gasteiger charge is -2.06. The summed E-state index contributed by atoms with van der Waals surface area (Å²) in [5.74, 6) is 0. The van der Waals surface area contributed by atoms with E-state index in [9.17, 15) is 0 Å². The molecule has 0 aliphatic heterocycles. The van der Waals surface area contributed by atoms with E-state index in [1.807, 2.05) is 0 Å². The Morgan fingerprint density at radius 3 is 2.56 bits per heavy atom. The molecule has 0 saturated carbocycles. The van der Waals surface area contributed by atoms with Gasteiger partial charge in [-0.2, -0.15) is 0 Å². The third kappa shape index (κ3) is 3.04. The third-order valence-corrected chi connectivity index (χ3v) is 4.55. The van der Waals surface area contributed by atoms with Crippen LogP contribution >= 0.6 is 22.7 Å². The predicted octanol–water partition coefficient (Wildman–Crippen LogP) is 1.91. The molecule has 0 atom stereocenters. The van der Waals surface area contributed by atoms with Gasteiger partial charge in [0.15, 0.2) is 5.01 Å². The number of nitrogen functional groups attached to an aromatic ring is 1. The number of rotatable bonds is 5. The number of aromatic nitrogens is 3. The van der Waals surface area contributed by atoms with Gasteiger partial charge in [0.05, 0.1) is 15.6 Å². The van der Waals surface area contributed by atoms with Gasteiger partial charge in [0.1, 0.15) is 0 Å². The maximum atomic E-state index is 5.64. The largest absolute Gasteiger partial charge is 0.374 e. The van der Waals surface area contributed by atoms with E-state index in [1.54, 1.807) is 11.3 Å². The van der Waals surface area contributed by atoms with Crippen molar-refractivity contribution in [2.75, 3.05) is 26.4 Å². The van der Waals surface area contributed by atoms with Crippen molar-refractivity contribution in [2.24, 2.45) is 0 Å². The second-order valence-electron chi connectivity index (χ2n) is 4.24. The highest BCUT2D eigenvalue weighted by atomic mass is 32.1. The van der Waals surface area contributed by atoms with Crippen molar-refractivity contribution in [1.82, 2.24) is 20.1 Å². The van der Waals surface area contributed by atoms with Crippen LogP contribution in [0.4, 0.5) is 5.13 Å². The molecular weight excluding hydrogens is 266 g/mol. The first-order valence-electron chi connectivity index (χ1n) is 5.82. The van der Waals surface area contributed by atoms with E-state index in [2.05, 4.69) is 41.1 Å². The maximum Gasteiger partial charge on any atom is 0.203 e. The first-order chi connectivity index (χ1) is 8.60. The van der Waals surface area contributed by atoms with Gasteiger partial charge < -0.3 is 10.6 Å². The highest BCUT2D eigenvalue weighted by Crippen LogP contribution is 2.33. The van der Waals surface area contributed by atoms with Crippen molar-refractivity contribution in [1.29, 1.82) is 0 Å². The zero-order valence-corrected chi connectivity index (χ0v) is 12.4. The van der Waals surface area contributed by atoms with Crippen molar-refractivity contribution < 1.29 is 0 Å². The summed E-state index contributed by atoms with van der Waals surface area (Å²) in [5.41, 5.74) is 6.74. The summed E-state index contributed by atoms with van der Waals surface area (Å²) in [4.78, 5) is 7.96. The molecule has 18 heavy (non-hydrogen) atoms. The number of aryl methyl sites for hydroxylation is 1. The Labute approximate surface area is 115 Å². The second kappa shape index (κ2) is 5.73. The molecule has 0 aliphatic carbocycles. The van der Waals surface area contributed by atoms with Crippen LogP contribution in [0.2, 0.25) is 0 Å². The molecule has 0 spiro atoms. The van der Waals surface area contributed by atoms with Gasteiger partial charge in [0, 0.05) is 13.0 Å². The van der Waals surface area contributed by atoms with Gasteiger partial charge in [-0.05, 0) is 20.5 Å². The fourth-order valence-electron chi connectivity index (χ4n) is 1.56. The summed E-state index contributed by atoms with van der Waals surface area (Å²) in [7, 11) is 4.14. The van der Waals surface area contributed by atoms with Gasteiger partial charge >= 0.3 is 0 Å².